The number of hydrogen-bond donors (Lipinski definition) is 1. The number of halogens is 3. The molecule has 0 bridgehead atoms. The van der Waals surface area contributed by atoms with Crippen molar-refractivity contribution in [1.29, 1.82) is 5.26 Å². The van der Waals surface area contributed by atoms with Gasteiger partial charge in [0.2, 0.25) is 0 Å². The Kier molecular flexibility index (Phi) is 5.55. The van der Waals surface area contributed by atoms with Crippen molar-refractivity contribution >= 4 is 0 Å². The number of rotatable bonds is 5. The number of nitrogens with one attached hydrogen (secondary N) is 1. The predicted octanol–water partition coefficient (Wildman–Crippen LogP) is 2.32. The summed E-state index contributed by atoms with van der Waals surface area (Å²) in [5.74, 6) is -1.56. The van der Waals surface area contributed by atoms with Crippen molar-refractivity contribution in [3.05, 3.63) is 0 Å². The van der Waals surface area contributed by atoms with Crippen LogP contribution in [0.25, 0.3) is 0 Å². The zero-order chi connectivity index (χ0) is 11.2. The Morgan fingerprint density at radius 2 is 1.93 bits per heavy atom. The van der Waals surface area contributed by atoms with Crippen LogP contribution in [0.1, 0.15) is 20.3 Å². The Balaban J connectivity index is 3.82. The van der Waals surface area contributed by atoms with Gasteiger partial charge in [0.05, 0.1) is 6.07 Å². The van der Waals surface area contributed by atoms with E-state index in [-0.39, 0.29) is 6.54 Å². The molecule has 0 saturated carbocycles. The molecule has 0 radical (unpaired) electrons. The molecular formula is C9H15F3N2. The van der Waals surface area contributed by atoms with Gasteiger partial charge in [0.1, 0.15) is 0 Å². The first-order chi connectivity index (χ1) is 6.41. The largest absolute Gasteiger partial charge is 0.405 e. The SMILES string of the molecule is CCC(C)CNCC(C#N)C(F)(F)F. The zero-order valence-electron chi connectivity index (χ0n) is 8.36. The van der Waals surface area contributed by atoms with Gasteiger partial charge in [0.15, 0.2) is 5.92 Å². The maximum atomic E-state index is 12.1. The van der Waals surface area contributed by atoms with Crippen LogP contribution in [0.4, 0.5) is 13.2 Å². The second kappa shape index (κ2) is 5.86. The lowest BCUT2D eigenvalue weighted by Crippen LogP contribution is -2.34. The lowest BCUT2D eigenvalue weighted by atomic mass is 10.1. The van der Waals surface area contributed by atoms with Crippen LogP contribution in [0.15, 0.2) is 0 Å². The van der Waals surface area contributed by atoms with Crippen molar-refractivity contribution in [2.45, 2.75) is 26.4 Å². The van der Waals surface area contributed by atoms with Gasteiger partial charge in [-0.3, -0.25) is 0 Å². The van der Waals surface area contributed by atoms with Gasteiger partial charge < -0.3 is 5.32 Å². The summed E-state index contributed by atoms with van der Waals surface area (Å²) in [6, 6.07) is 1.25. The highest BCUT2D eigenvalue weighted by Gasteiger charge is 2.39. The van der Waals surface area contributed by atoms with E-state index in [1.165, 1.54) is 6.07 Å². The van der Waals surface area contributed by atoms with Gasteiger partial charge in [-0.2, -0.15) is 18.4 Å². The highest BCUT2D eigenvalue weighted by atomic mass is 19.4. The van der Waals surface area contributed by atoms with Crippen molar-refractivity contribution in [2.24, 2.45) is 11.8 Å². The van der Waals surface area contributed by atoms with E-state index in [1.807, 2.05) is 13.8 Å². The van der Waals surface area contributed by atoms with Crippen molar-refractivity contribution in [3.63, 3.8) is 0 Å². The highest BCUT2D eigenvalue weighted by Crippen LogP contribution is 2.24. The van der Waals surface area contributed by atoms with E-state index >= 15 is 0 Å². The molecule has 0 saturated heterocycles. The summed E-state index contributed by atoms with van der Waals surface area (Å²) in [5.41, 5.74) is 0. The first-order valence-corrected chi connectivity index (χ1v) is 4.58. The Morgan fingerprint density at radius 3 is 2.29 bits per heavy atom. The maximum Gasteiger partial charge on any atom is 0.405 e. The fourth-order valence-electron chi connectivity index (χ4n) is 0.853. The van der Waals surface area contributed by atoms with Crippen LogP contribution in [0.5, 0.6) is 0 Å². The van der Waals surface area contributed by atoms with E-state index < -0.39 is 12.1 Å². The van der Waals surface area contributed by atoms with Crippen LogP contribution < -0.4 is 5.32 Å². The summed E-state index contributed by atoms with van der Waals surface area (Å²) >= 11 is 0. The molecule has 1 N–H and O–H groups in total. The molecule has 5 heteroatoms. The van der Waals surface area contributed by atoms with Crippen molar-refractivity contribution in [3.8, 4) is 6.07 Å². The van der Waals surface area contributed by atoms with E-state index in [1.54, 1.807) is 0 Å². The van der Waals surface area contributed by atoms with E-state index in [2.05, 4.69) is 5.32 Å². The molecule has 0 heterocycles. The minimum atomic E-state index is -4.42. The van der Waals surface area contributed by atoms with Gasteiger partial charge in [0, 0.05) is 6.54 Å². The molecule has 0 aliphatic carbocycles. The second-order valence-electron chi connectivity index (χ2n) is 3.39. The molecule has 0 aromatic heterocycles. The molecule has 14 heavy (non-hydrogen) atoms. The summed E-state index contributed by atoms with van der Waals surface area (Å²) in [4.78, 5) is 0. The molecule has 2 atom stereocenters. The molecule has 0 spiro atoms. The molecule has 0 aromatic rings. The Morgan fingerprint density at radius 1 is 1.36 bits per heavy atom. The third-order valence-electron chi connectivity index (χ3n) is 2.09. The first kappa shape index (κ1) is 13.2. The molecule has 0 fully saturated rings. The molecule has 2 unspecified atom stereocenters. The number of alkyl halides is 3. The third kappa shape index (κ3) is 5.07. The fourth-order valence-corrected chi connectivity index (χ4v) is 0.853. The predicted molar refractivity (Wildman–Crippen MR) is 47.5 cm³/mol. The summed E-state index contributed by atoms with van der Waals surface area (Å²) in [6.45, 7) is 4.12. The van der Waals surface area contributed by atoms with Crippen molar-refractivity contribution < 1.29 is 13.2 Å². The highest BCUT2D eigenvalue weighted by molar-refractivity contribution is 4.89. The molecule has 2 nitrogen and oxygen atoms in total. The average molecular weight is 208 g/mol. The van der Waals surface area contributed by atoms with Crippen LogP contribution >= 0.6 is 0 Å². The topological polar surface area (TPSA) is 35.8 Å². The quantitative estimate of drug-likeness (QED) is 0.752. The first-order valence-electron chi connectivity index (χ1n) is 4.58. The smallest absolute Gasteiger partial charge is 0.315 e. The lowest BCUT2D eigenvalue weighted by molar-refractivity contribution is -0.157. The van der Waals surface area contributed by atoms with E-state index in [0.29, 0.717) is 12.5 Å². The minimum absolute atomic E-state index is 0.315. The Labute approximate surface area is 82.1 Å². The molecule has 0 rings (SSSR count). The van der Waals surface area contributed by atoms with Gasteiger partial charge in [-0.15, -0.1) is 0 Å². The van der Waals surface area contributed by atoms with Crippen LogP contribution in [0.2, 0.25) is 0 Å². The number of nitriles is 1. The molecular weight excluding hydrogens is 193 g/mol. The van der Waals surface area contributed by atoms with Gasteiger partial charge in [0.25, 0.3) is 0 Å². The fraction of sp³-hybridized carbons (Fsp3) is 0.889. The van der Waals surface area contributed by atoms with Crippen LogP contribution in [-0.2, 0) is 0 Å². The normalized spacial score (nSPS) is 16.0. The Bertz CT molecular complexity index is 195. The Hall–Kier alpha value is -0.760. The molecule has 0 amide bonds. The van der Waals surface area contributed by atoms with Crippen LogP contribution in [0.3, 0.4) is 0 Å². The monoisotopic (exact) mass is 208 g/mol. The number of hydrogen-bond acceptors (Lipinski definition) is 2. The molecule has 0 aliphatic rings. The minimum Gasteiger partial charge on any atom is -0.315 e. The van der Waals surface area contributed by atoms with Gasteiger partial charge in [-0.25, -0.2) is 0 Å². The maximum absolute atomic E-state index is 12.1. The lowest BCUT2D eigenvalue weighted by Gasteiger charge is -2.15. The van der Waals surface area contributed by atoms with E-state index in [0.717, 1.165) is 6.42 Å². The molecule has 0 aliphatic heterocycles. The summed E-state index contributed by atoms with van der Waals surface area (Å²) in [7, 11) is 0. The number of nitrogens with zero attached hydrogens (tertiary/aromatic N) is 1. The van der Waals surface area contributed by atoms with Gasteiger partial charge in [-0.1, -0.05) is 20.3 Å². The van der Waals surface area contributed by atoms with E-state index in [9.17, 15) is 13.2 Å². The van der Waals surface area contributed by atoms with Crippen LogP contribution in [-0.4, -0.2) is 19.3 Å². The van der Waals surface area contributed by atoms with E-state index in [4.69, 9.17) is 5.26 Å². The molecule has 82 valence electrons. The zero-order valence-corrected chi connectivity index (χ0v) is 8.36. The van der Waals surface area contributed by atoms with Gasteiger partial charge in [-0.05, 0) is 12.5 Å². The van der Waals surface area contributed by atoms with Crippen molar-refractivity contribution in [2.75, 3.05) is 13.1 Å². The summed E-state index contributed by atoms with van der Waals surface area (Å²) < 4.78 is 36.2. The standard InChI is InChI=1S/C9H15F3N2/c1-3-7(2)5-14-6-8(4-13)9(10,11)12/h7-8,14H,3,5-6H2,1-2H3. The summed E-state index contributed by atoms with van der Waals surface area (Å²) in [5, 5.41) is 10.9. The summed E-state index contributed by atoms with van der Waals surface area (Å²) in [6.07, 6.45) is -3.51. The van der Waals surface area contributed by atoms with Gasteiger partial charge >= 0.3 is 6.18 Å². The van der Waals surface area contributed by atoms with Crippen LogP contribution in [0, 0.1) is 23.2 Å². The second-order valence-corrected chi connectivity index (χ2v) is 3.39. The third-order valence-corrected chi connectivity index (χ3v) is 2.09. The molecule has 0 aromatic carbocycles. The van der Waals surface area contributed by atoms with Crippen molar-refractivity contribution in [1.82, 2.24) is 5.32 Å². The average Bonchev–Trinajstić information content (AvgIpc) is 2.09.